The monoisotopic (exact) mass is 357 g/mol. The predicted octanol–water partition coefficient (Wildman–Crippen LogP) is 3.07. The average molecular weight is 357 g/mol. The molecule has 0 spiro atoms. The van der Waals surface area contributed by atoms with E-state index in [9.17, 15) is 4.39 Å². The number of aromatic nitrogens is 2. The molecule has 2 fully saturated rings. The number of piperidine rings is 1. The summed E-state index contributed by atoms with van der Waals surface area (Å²) in [6, 6.07) is 8.95. The van der Waals surface area contributed by atoms with Crippen molar-refractivity contribution in [2.45, 2.75) is 31.9 Å². The molecule has 0 amide bonds. The fourth-order valence-corrected chi connectivity index (χ4v) is 4.14. The molecular weight excluding hydrogens is 333 g/mol. The Bertz CT molecular complexity index is 730. The van der Waals surface area contributed by atoms with Crippen LogP contribution >= 0.6 is 0 Å². The summed E-state index contributed by atoms with van der Waals surface area (Å²) in [4.78, 5) is 10.9. The summed E-state index contributed by atoms with van der Waals surface area (Å²) in [5, 5.41) is 0. The molecule has 0 aliphatic carbocycles. The lowest BCUT2D eigenvalue weighted by molar-refractivity contribution is -0.141. The Labute approximate surface area is 153 Å². The molecule has 2 saturated heterocycles. The number of halogens is 1. The van der Waals surface area contributed by atoms with Gasteiger partial charge in [0.2, 0.25) is 5.88 Å². The Morgan fingerprint density at radius 2 is 2.15 bits per heavy atom. The van der Waals surface area contributed by atoms with Crippen LogP contribution in [0.2, 0.25) is 0 Å². The van der Waals surface area contributed by atoms with Gasteiger partial charge in [-0.2, -0.15) is 0 Å². The number of hydrogen-bond acceptors (Lipinski definition) is 5. The molecule has 2 aliphatic heterocycles. The van der Waals surface area contributed by atoms with Gasteiger partial charge in [0.05, 0.1) is 18.4 Å². The Hall–Kier alpha value is -2.05. The van der Waals surface area contributed by atoms with Crippen LogP contribution in [0.25, 0.3) is 0 Å². The first-order valence-corrected chi connectivity index (χ1v) is 9.22. The molecule has 2 atom stereocenters. The largest absolute Gasteiger partial charge is 0.475 e. The summed E-state index contributed by atoms with van der Waals surface area (Å²) in [5.41, 5.74) is 0.935. The van der Waals surface area contributed by atoms with Gasteiger partial charge in [-0.25, -0.2) is 9.37 Å². The van der Waals surface area contributed by atoms with Crippen molar-refractivity contribution in [3.63, 3.8) is 0 Å². The minimum atomic E-state index is -0.418. The first-order chi connectivity index (χ1) is 12.8. The summed E-state index contributed by atoms with van der Waals surface area (Å²) >= 11 is 0. The van der Waals surface area contributed by atoms with Crippen molar-refractivity contribution in [2.75, 3.05) is 26.3 Å². The number of fused-ring (bicyclic) bond motifs is 1. The van der Waals surface area contributed by atoms with Gasteiger partial charge in [0.1, 0.15) is 0 Å². The quantitative estimate of drug-likeness (QED) is 0.823. The van der Waals surface area contributed by atoms with Crippen LogP contribution in [0, 0.1) is 11.2 Å². The van der Waals surface area contributed by atoms with Crippen molar-refractivity contribution in [3.8, 4) is 5.88 Å². The SMILES string of the molecule is Fc1cccnc1OC[C@]12CCCO[C@H]1CCN(Cc1ccccn1)C2. The summed E-state index contributed by atoms with van der Waals surface area (Å²) < 4.78 is 25.8. The van der Waals surface area contributed by atoms with E-state index in [0.717, 1.165) is 51.2 Å². The van der Waals surface area contributed by atoms with E-state index in [1.807, 2.05) is 18.3 Å². The molecule has 0 N–H and O–H groups in total. The molecule has 5 nitrogen and oxygen atoms in total. The zero-order valence-corrected chi connectivity index (χ0v) is 14.8. The van der Waals surface area contributed by atoms with Crippen LogP contribution in [0.1, 0.15) is 25.0 Å². The number of likely N-dealkylation sites (tertiary alicyclic amines) is 1. The van der Waals surface area contributed by atoms with Crippen LogP contribution in [0.15, 0.2) is 42.7 Å². The molecule has 2 aromatic rings. The zero-order chi connectivity index (χ0) is 17.8. The molecule has 0 aromatic carbocycles. The maximum Gasteiger partial charge on any atom is 0.250 e. The van der Waals surface area contributed by atoms with Gasteiger partial charge in [-0.1, -0.05) is 6.07 Å². The van der Waals surface area contributed by atoms with Crippen LogP contribution in [0.3, 0.4) is 0 Å². The van der Waals surface area contributed by atoms with Crippen molar-refractivity contribution in [1.82, 2.24) is 14.9 Å². The second kappa shape index (κ2) is 7.68. The highest BCUT2D eigenvalue weighted by molar-refractivity contribution is 5.13. The second-order valence-electron chi connectivity index (χ2n) is 7.22. The van der Waals surface area contributed by atoms with E-state index in [1.165, 1.54) is 6.07 Å². The summed E-state index contributed by atoms with van der Waals surface area (Å²) in [5.74, 6) is -0.341. The summed E-state index contributed by atoms with van der Waals surface area (Å²) in [6.45, 7) is 3.87. The molecule has 0 bridgehead atoms. The topological polar surface area (TPSA) is 47.5 Å². The lowest BCUT2D eigenvalue weighted by Gasteiger charge is -2.50. The zero-order valence-electron chi connectivity index (χ0n) is 14.8. The van der Waals surface area contributed by atoms with E-state index >= 15 is 0 Å². The first-order valence-electron chi connectivity index (χ1n) is 9.22. The molecule has 0 unspecified atom stereocenters. The third kappa shape index (κ3) is 3.71. The number of pyridine rings is 2. The molecule has 4 rings (SSSR count). The van der Waals surface area contributed by atoms with Gasteiger partial charge in [-0.3, -0.25) is 9.88 Å². The Balaban J connectivity index is 1.48. The van der Waals surface area contributed by atoms with Crippen molar-refractivity contribution < 1.29 is 13.9 Å². The van der Waals surface area contributed by atoms with E-state index in [4.69, 9.17) is 9.47 Å². The van der Waals surface area contributed by atoms with Crippen molar-refractivity contribution in [1.29, 1.82) is 0 Å². The fraction of sp³-hybridized carbons (Fsp3) is 0.500. The minimum Gasteiger partial charge on any atom is -0.475 e. The molecule has 6 heteroatoms. The third-order valence-corrected chi connectivity index (χ3v) is 5.40. The van der Waals surface area contributed by atoms with Crippen molar-refractivity contribution in [3.05, 3.63) is 54.2 Å². The van der Waals surface area contributed by atoms with E-state index in [1.54, 1.807) is 12.3 Å². The van der Waals surface area contributed by atoms with E-state index in [2.05, 4.69) is 20.9 Å². The molecule has 2 aliphatic rings. The highest BCUT2D eigenvalue weighted by Crippen LogP contribution is 2.41. The highest BCUT2D eigenvalue weighted by Gasteiger charge is 2.46. The Morgan fingerprint density at radius 3 is 3.00 bits per heavy atom. The van der Waals surface area contributed by atoms with Gasteiger partial charge in [0, 0.05) is 44.0 Å². The van der Waals surface area contributed by atoms with Crippen LogP contribution in [-0.4, -0.2) is 47.3 Å². The van der Waals surface area contributed by atoms with Crippen molar-refractivity contribution in [2.24, 2.45) is 5.41 Å². The molecule has 26 heavy (non-hydrogen) atoms. The van der Waals surface area contributed by atoms with E-state index < -0.39 is 5.82 Å². The summed E-state index contributed by atoms with van der Waals surface area (Å²) in [7, 11) is 0. The van der Waals surface area contributed by atoms with Gasteiger partial charge >= 0.3 is 0 Å². The number of rotatable bonds is 5. The van der Waals surface area contributed by atoms with Crippen LogP contribution < -0.4 is 4.74 Å². The predicted molar refractivity (Wildman–Crippen MR) is 95.2 cm³/mol. The smallest absolute Gasteiger partial charge is 0.250 e. The second-order valence-corrected chi connectivity index (χ2v) is 7.22. The molecule has 138 valence electrons. The van der Waals surface area contributed by atoms with Gasteiger partial charge in [-0.15, -0.1) is 0 Å². The van der Waals surface area contributed by atoms with Crippen LogP contribution in [0.5, 0.6) is 5.88 Å². The maximum absolute atomic E-state index is 13.9. The van der Waals surface area contributed by atoms with Gasteiger partial charge in [-0.05, 0) is 43.5 Å². The number of hydrogen-bond donors (Lipinski definition) is 0. The average Bonchev–Trinajstić information content (AvgIpc) is 2.68. The third-order valence-electron chi connectivity index (χ3n) is 5.40. The fourth-order valence-electron chi connectivity index (χ4n) is 4.14. The molecule has 2 aromatic heterocycles. The normalized spacial score (nSPS) is 26.3. The maximum atomic E-state index is 13.9. The molecule has 4 heterocycles. The Kier molecular flexibility index (Phi) is 5.13. The van der Waals surface area contributed by atoms with Crippen LogP contribution in [0.4, 0.5) is 4.39 Å². The molecule has 0 saturated carbocycles. The van der Waals surface area contributed by atoms with E-state index in [-0.39, 0.29) is 17.4 Å². The number of nitrogens with zero attached hydrogens (tertiary/aromatic N) is 3. The summed E-state index contributed by atoms with van der Waals surface area (Å²) in [6.07, 6.45) is 6.52. The van der Waals surface area contributed by atoms with Gasteiger partial charge in [0.15, 0.2) is 5.82 Å². The molecule has 0 radical (unpaired) electrons. The minimum absolute atomic E-state index is 0.0769. The van der Waals surface area contributed by atoms with Gasteiger partial charge < -0.3 is 9.47 Å². The Morgan fingerprint density at radius 1 is 1.23 bits per heavy atom. The number of ether oxygens (including phenoxy) is 2. The highest BCUT2D eigenvalue weighted by atomic mass is 19.1. The molecular formula is C20H24FN3O2. The van der Waals surface area contributed by atoms with Crippen molar-refractivity contribution >= 4 is 0 Å². The lowest BCUT2D eigenvalue weighted by atomic mass is 9.73. The first kappa shape index (κ1) is 17.4. The lowest BCUT2D eigenvalue weighted by Crippen LogP contribution is -2.57. The van der Waals surface area contributed by atoms with Crippen LogP contribution in [-0.2, 0) is 11.3 Å². The standard InChI is InChI=1S/C20H24FN3O2/c21-17-6-3-10-23-19(17)26-15-20-8-4-12-25-18(20)7-11-24(14-20)13-16-5-1-2-9-22-16/h1-3,5-6,9-10,18H,4,7-8,11-15H2/t18-,20+/m0/s1. The van der Waals surface area contributed by atoms with Gasteiger partial charge in [0.25, 0.3) is 0 Å². The van der Waals surface area contributed by atoms with E-state index in [0.29, 0.717) is 6.61 Å².